The van der Waals surface area contributed by atoms with Crippen LogP contribution in [0.25, 0.3) is 10.7 Å². The second kappa shape index (κ2) is 6.31. The van der Waals surface area contributed by atoms with Crippen LogP contribution < -0.4 is 5.32 Å². The fraction of sp³-hybridized carbons (Fsp3) is 0.0667. The molecule has 1 aromatic carbocycles. The number of halogens is 1. The van der Waals surface area contributed by atoms with Gasteiger partial charge >= 0.3 is 5.97 Å². The molecule has 0 atom stereocenters. The molecule has 0 aliphatic carbocycles. The number of aromatic carboxylic acids is 1. The second-order valence-electron chi connectivity index (χ2n) is 4.64. The van der Waals surface area contributed by atoms with Crippen molar-refractivity contribution in [1.29, 1.82) is 0 Å². The summed E-state index contributed by atoms with van der Waals surface area (Å²) in [5.74, 6) is -0.589. The van der Waals surface area contributed by atoms with Gasteiger partial charge in [0.25, 0.3) is 0 Å². The van der Waals surface area contributed by atoms with Crippen LogP contribution in [0.4, 0.5) is 11.6 Å². The SMILES string of the molecule is Cc1nc(-c2ccnc(Nc3ccc(Cl)cc3)n2)sc1C(=O)O. The molecule has 3 aromatic rings. The number of nitrogens with one attached hydrogen (secondary N) is 1. The van der Waals surface area contributed by atoms with Gasteiger partial charge in [0.05, 0.1) is 5.69 Å². The van der Waals surface area contributed by atoms with Crippen LogP contribution in [0.5, 0.6) is 0 Å². The zero-order chi connectivity index (χ0) is 16.4. The number of aryl methyl sites for hydroxylation is 1. The molecule has 23 heavy (non-hydrogen) atoms. The summed E-state index contributed by atoms with van der Waals surface area (Å²) in [5.41, 5.74) is 1.84. The number of carbonyl (C=O) groups is 1. The van der Waals surface area contributed by atoms with Gasteiger partial charge in [-0.2, -0.15) is 0 Å². The molecule has 2 heterocycles. The van der Waals surface area contributed by atoms with Crippen LogP contribution in [-0.4, -0.2) is 26.0 Å². The zero-order valence-electron chi connectivity index (χ0n) is 11.9. The van der Waals surface area contributed by atoms with E-state index in [0.29, 0.717) is 27.4 Å². The molecule has 0 bridgehead atoms. The van der Waals surface area contributed by atoms with Crippen LogP contribution >= 0.6 is 22.9 Å². The standard InChI is InChI=1S/C15H11ClN4O2S/c1-8-12(14(21)22)23-13(18-8)11-6-7-17-15(20-11)19-10-4-2-9(16)3-5-10/h2-7H,1H3,(H,21,22)(H,17,19,20). The van der Waals surface area contributed by atoms with Crippen molar-refractivity contribution < 1.29 is 9.90 Å². The third-order valence-corrected chi connectivity index (χ3v) is 4.39. The molecule has 0 unspecified atom stereocenters. The highest BCUT2D eigenvalue weighted by atomic mass is 35.5. The van der Waals surface area contributed by atoms with Gasteiger partial charge < -0.3 is 10.4 Å². The molecule has 116 valence electrons. The van der Waals surface area contributed by atoms with Crippen molar-refractivity contribution in [1.82, 2.24) is 15.0 Å². The van der Waals surface area contributed by atoms with Crippen LogP contribution in [0.2, 0.25) is 5.02 Å². The summed E-state index contributed by atoms with van der Waals surface area (Å²) in [6.45, 7) is 1.66. The van der Waals surface area contributed by atoms with E-state index in [1.807, 2.05) is 12.1 Å². The Kier molecular flexibility index (Phi) is 4.22. The first kappa shape index (κ1) is 15.4. The fourth-order valence-electron chi connectivity index (χ4n) is 1.90. The van der Waals surface area contributed by atoms with E-state index < -0.39 is 5.97 Å². The Morgan fingerprint density at radius 2 is 1.96 bits per heavy atom. The molecule has 2 aromatic heterocycles. The summed E-state index contributed by atoms with van der Waals surface area (Å²) in [4.78, 5) is 24.1. The maximum Gasteiger partial charge on any atom is 0.347 e. The molecule has 0 aliphatic rings. The molecule has 8 heteroatoms. The number of benzene rings is 1. The first-order valence-corrected chi connectivity index (χ1v) is 7.79. The van der Waals surface area contributed by atoms with Gasteiger partial charge in [-0.15, -0.1) is 11.3 Å². The predicted octanol–water partition coefficient (Wildman–Crippen LogP) is 4.00. The lowest BCUT2D eigenvalue weighted by atomic mass is 10.3. The van der Waals surface area contributed by atoms with Gasteiger partial charge in [0.15, 0.2) is 0 Å². The molecule has 0 saturated heterocycles. The van der Waals surface area contributed by atoms with E-state index in [1.165, 1.54) is 0 Å². The quantitative estimate of drug-likeness (QED) is 0.742. The molecule has 3 rings (SSSR count). The van der Waals surface area contributed by atoms with Gasteiger partial charge in [0, 0.05) is 16.9 Å². The Bertz CT molecular complexity index is 864. The minimum Gasteiger partial charge on any atom is -0.477 e. The first-order chi connectivity index (χ1) is 11.0. The van der Waals surface area contributed by atoms with Crippen molar-refractivity contribution in [3.05, 3.63) is 52.1 Å². The molecule has 0 radical (unpaired) electrons. The monoisotopic (exact) mass is 346 g/mol. The molecule has 0 spiro atoms. The lowest BCUT2D eigenvalue weighted by Crippen LogP contribution is -1.97. The Balaban J connectivity index is 1.89. The molecule has 0 aliphatic heterocycles. The third kappa shape index (κ3) is 3.46. The van der Waals surface area contributed by atoms with E-state index in [1.54, 1.807) is 31.3 Å². The summed E-state index contributed by atoms with van der Waals surface area (Å²) >= 11 is 6.94. The summed E-state index contributed by atoms with van der Waals surface area (Å²) in [5, 5.41) is 13.4. The fourth-order valence-corrected chi connectivity index (χ4v) is 2.91. The summed E-state index contributed by atoms with van der Waals surface area (Å²) in [6.07, 6.45) is 1.59. The molecule has 0 saturated carbocycles. The number of carboxylic acid groups (broad SMARTS) is 1. The van der Waals surface area contributed by atoms with Crippen molar-refractivity contribution in [2.24, 2.45) is 0 Å². The highest BCUT2D eigenvalue weighted by molar-refractivity contribution is 7.17. The van der Waals surface area contributed by atoms with Crippen molar-refractivity contribution in [2.75, 3.05) is 5.32 Å². The van der Waals surface area contributed by atoms with E-state index in [2.05, 4.69) is 20.3 Å². The van der Waals surface area contributed by atoms with Gasteiger partial charge in [-0.3, -0.25) is 0 Å². The summed E-state index contributed by atoms with van der Waals surface area (Å²) < 4.78 is 0. The second-order valence-corrected chi connectivity index (χ2v) is 6.07. The van der Waals surface area contributed by atoms with Crippen LogP contribution in [-0.2, 0) is 0 Å². The smallest absolute Gasteiger partial charge is 0.347 e. The molecule has 0 amide bonds. The molecule has 2 N–H and O–H groups in total. The van der Waals surface area contributed by atoms with Crippen LogP contribution in [0.15, 0.2) is 36.5 Å². The molecule has 0 fully saturated rings. The summed E-state index contributed by atoms with van der Waals surface area (Å²) in [6, 6.07) is 8.84. The molecular weight excluding hydrogens is 336 g/mol. The Hall–Kier alpha value is -2.51. The number of hydrogen-bond donors (Lipinski definition) is 2. The number of rotatable bonds is 4. The normalized spacial score (nSPS) is 10.5. The minimum atomic E-state index is -0.986. The van der Waals surface area contributed by atoms with Gasteiger partial charge in [0.1, 0.15) is 15.6 Å². The lowest BCUT2D eigenvalue weighted by molar-refractivity contribution is 0.0701. The van der Waals surface area contributed by atoms with E-state index in [-0.39, 0.29) is 4.88 Å². The molecule has 6 nitrogen and oxygen atoms in total. The van der Waals surface area contributed by atoms with Crippen molar-refractivity contribution >= 4 is 40.5 Å². The van der Waals surface area contributed by atoms with E-state index in [0.717, 1.165) is 17.0 Å². The zero-order valence-corrected chi connectivity index (χ0v) is 13.5. The van der Waals surface area contributed by atoms with Crippen molar-refractivity contribution in [2.45, 2.75) is 6.92 Å². The number of carboxylic acids is 1. The van der Waals surface area contributed by atoms with Gasteiger partial charge in [-0.1, -0.05) is 11.6 Å². The largest absolute Gasteiger partial charge is 0.477 e. The number of aromatic nitrogens is 3. The van der Waals surface area contributed by atoms with Crippen molar-refractivity contribution in [3.8, 4) is 10.7 Å². The number of thiazole rings is 1. The van der Waals surface area contributed by atoms with Gasteiger partial charge in [0.2, 0.25) is 5.95 Å². The minimum absolute atomic E-state index is 0.214. The van der Waals surface area contributed by atoms with E-state index >= 15 is 0 Å². The highest BCUT2D eigenvalue weighted by Gasteiger charge is 2.16. The van der Waals surface area contributed by atoms with Gasteiger partial charge in [-0.05, 0) is 37.3 Å². The van der Waals surface area contributed by atoms with E-state index in [9.17, 15) is 4.79 Å². The third-order valence-electron chi connectivity index (χ3n) is 2.97. The molecular formula is C15H11ClN4O2S. The topological polar surface area (TPSA) is 88.0 Å². The van der Waals surface area contributed by atoms with Crippen molar-refractivity contribution in [3.63, 3.8) is 0 Å². The highest BCUT2D eigenvalue weighted by Crippen LogP contribution is 2.27. The maximum atomic E-state index is 11.1. The van der Waals surface area contributed by atoms with Crippen LogP contribution in [0.1, 0.15) is 15.4 Å². The van der Waals surface area contributed by atoms with Crippen LogP contribution in [0.3, 0.4) is 0 Å². The average Bonchev–Trinajstić information content (AvgIpc) is 2.92. The number of anilines is 2. The number of nitrogens with zero attached hydrogens (tertiary/aromatic N) is 3. The Morgan fingerprint density at radius 3 is 2.61 bits per heavy atom. The van der Waals surface area contributed by atoms with E-state index in [4.69, 9.17) is 16.7 Å². The predicted molar refractivity (Wildman–Crippen MR) is 89.6 cm³/mol. The Labute approximate surface area is 140 Å². The lowest BCUT2D eigenvalue weighted by Gasteiger charge is -2.05. The number of hydrogen-bond acceptors (Lipinski definition) is 6. The van der Waals surface area contributed by atoms with Gasteiger partial charge in [-0.25, -0.2) is 19.7 Å². The first-order valence-electron chi connectivity index (χ1n) is 6.59. The Morgan fingerprint density at radius 1 is 1.22 bits per heavy atom. The average molecular weight is 347 g/mol. The van der Waals surface area contributed by atoms with Crippen LogP contribution in [0, 0.1) is 6.92 Å². The maximum absolute atomic E-state index is 11.1. The summed E-state index contributed by atoms with van der Waals surface area (Å²) in [7, 11) is 0.